The highest BCUT2D eigenvalue weighted by atomic mass is 31.2. The van der Waals surface area contributed by atoms with Gasteiger partial charge in [0.15, 0.2) is 11.5 Å². The van der Waals surface area contributed by atoms with Gasteiger partial charge in [0.25, 0.3) is 0 Å². The number of anilines is 1. The van der Waals surface area contributed by atoms with Crippen molar-refractivity contribution in [2.24, 2.45) is 0 Å². The number of unbranched alkanes of at least 4 members (excludes halogenated alkanes) is 3. The third-order valence-corrected chi connectivity index (χ3v) is 9.93. The van der Waals surface area contributed by atoms with Crippen molar-refractivity contribution in [3.05, 3.63) is 78.4 Å². The Kier molecular flexibility index (Phi) is 16.4. The van der Waals surface area contributed by atoms with Crippen molar-refractivity contribution in [2.45, 2.75) is 104 Å². The fourth-order valence-electron chi connectivity index (χ4n) is 5.35. The number of aromatic nitrogens is 4. The molecule has 298 valence electrons. The van der Waals surface area contributed by atoms with Gasteiger partial charge < -0.3 is 39.1 Å². The highest BCUT2D eigenvalue weighted by Crippen LogP contribution is 2.44. The first-order valence-corrected chi connectivity index (χ1v) is 20.2. The summed E-state index contributed by atoms with van der Waals surface area (Å²) in [7, 11) is -3.92. The first-order chi connectivity index (χ1) is 26.4. The maximum Gasteiger partial charge on any atom is 0.408 e. The largest absolute Gasteiger partial charge is 0.464 e. The summed E-state index contributed by atoms with van der Waals surface area (Å²) in [5, 5.41) is 5.43. The predicted octanol–water partition coefficient (Wildman–Crippen LogP) is 5.93. The first kappa shape index (κ1) is 42.7. The molecular weight excluding hydrogens is 729 g/mol. The fraction of sp³-hybridized carbons (Fsp3) is 0.474. The number of amides is 1. The van der Waals surface area contributed by atoms with Crippen LogP contribution in [0.1, 0.15) is 71.4 Å². The standard InChI is InChI=1S/C38H52N7O9P/c1-6-7-8-12-19-50-37(47)32(43-38(48)51-22-30-13-10-9-11-14-30)20-29-15-17-31(18-16-29)54-55(49,44-28(5)36(46)53-26(2)3)25-52-27(4)21-45-24-42-33-34(39)40-23-41-35(33)45/h9-11,13-18,23-24,26-28,32H,6-8,12,19-22,25H2,1-5H3,(H,43,48)(H,44,49)(H2,39,40,41)/t27-,28+,32+,55-/m1/s1. The van der Waals surface area contributed by atoms with Gasteiger partial charge in [0, 0.05) is 6.42 Å². The molecule has 0 saturated carbocycles. The Bertz CT molecular complexity index is 1880. The van der Waals surface area contributed by atoms with Gasteiger partial charge in [-0.25, -0.2) is 29.6 Å². The van der Waals surface area contributed by atoms with Gasteiger partial charge in [-0.2, -0.15) is 0 Å². The molecule has 0 radical (unpaired) electrons. The molecule has 4 N–H and O–H groups in total. The van der Waals surface area contributed by atoms with E-state index in [0.29, 0.717) is 29.7 Å². The van der Waals surface area contributed by atoms with E-state index in [1.807, 2.05) is 30.3 Å². The van der Waals surface area contributed by atoms with Crippen molar-refractivity contribution in [3.8, 4) is 5.75 Å². The molecule has 2 aromatic heterocycles. The Balaban J connectivity index is 1.44. The Morgan fingerprint density at radius 2 is 1.64 bits per heavy atom. The first-order valence-electron chi connectivity index (χ1n) is 18.4. The summed E-state index contributed by atoms with van der Waals surface area (Å²) >= 11 is 0. The van der Waals surface area contributed by atoms with Crippen LogP contribution < -0.4 is 20.7 Å². The highest BCUT2D eigenvalue weighted by Gasteiger charge is 2.32. The molecule has 2 aromatic carbocycles. The number of ether oxygens (including phenoxy) is 4. The maximum absolute atomic E-state index is 14.3. The van der Waals surface area contributed by atoms with Crippen molar-refractivity contribution < 1.29 is 42.4 Å². The van der Waals surface area contributed by atoms with Crippen LogP contribution >= 0.6 is 7.52 Å². The number of nitrogen functional groups attached to an aromatic ring is 1. The smallest absolute Gasteiger partial charge is 0.408 e. The molecule has 0 bridgehead atoms. The molecule has 4 atom stereocenters. The molecule has 0 aliphatic carbocycles. The van der Waals surface area contributed by atoms with E-state index >= 15 is 0 Å². The van der Waals surface area contributed by atoms with Crippen molar-refractivity contribution in [2.75, 3.05) is 18.7 Å². The number of fused-ring (bicyclic) bond motifs is 1. The van der Waals surface area contributed by atoms with Gasteiger partial charge in [-0.15, -0.1) is 0 Å². The Morgan fingerprint density at radius 3 is 2.35 bits per heavy atom. The lowest BCUT2D eigenvalue weighted by atomic mass is 10.1. The number of carbonyl (C=O) groups is 3. The van der Waals surface area contributed by atoms with Crippen molar-refractivity contribution in [1.29, 1.82) is 0 Å². The molecule has 55 heavy (non-hydrogen) atoms. The van der Waals surface area contributed by atoms with E-state index in [9.17, 15) is 18.9 Å². The van der Waals surface area contributed by atoms with Crippen molar-refractivity contribution in [1.82, 2.24) is 29.9 Å². The molecule has 16 nitrogen and oxygen atoms in total. The van der Waals surface area contributed by atoms with Gasteiger partial charge in [-0.1, -0.05) is 68.7 Å². The minimum absolute atomic E-state index is 0.0341. The lowest BCUT2D eigenvalue weighted by molar-refractivity contribution is -0.149. The van der Waals surface area contributed by atoms with Crippen LogP contribution in [0, 0.1) is 0 Å². The number of nitrogens with one attached hydrogen (secondary N) is 2. The zero-order valence-electron chi connectivity index (χ0n) is 32.0. The molecule has 0 saturated heterocycles. The highest BCUT2D eigenvalue weighted by molar-refractivity contribution is 7.57. The molecule has 0 unspecified atom stereocenters. The van der Waals surface area contributed by atoms with Gasteiger partial charge in [0.1, 0.15) is 42.6 Å². The third-order valence-electron chi connectivity index (χ3n) is 8.16. The Labute approximate surface area is 321 Å². The van der Waals surface area contributed by atoms with E-state index < -0.39 is 50.1 Å². The number of nitrogens with two attached hydrogens (primary N) is 1. The van der Waals surface area contributed by atoms with Crippen LogP contribution in [0.2, 0.25) is 0 Å². The molecule has 4 aromatic rings. The third kappa shape index (κ3) is 13.9. The summed E-state index contributed by atoms with van der Waals surface area (Å²) in [4.78, 5) is 51.1. The van der Waals surface area contributed by atoms with Gasteiger partial charge in [-0.05, 0) is 57.4 Å². The molecule has 2 heterocycles. The number of carbonyl (C=O) groups excluding carboxylic acids is 3. The molecule has 17 heteroatoms. The monoisotopic (exact) mass is 781 g/mol. The van der Waals surface area contributed by atoms with E-state index in [0.717, 1.165) is 24.8 Å². The average Bonchev–Trinajstić information content (AvgIpc) is 3.57. The van der Waals surface area contributed by atoms with E-state index in [4.69, 9.17) is 29.2 Å². The number of nitrogens with zero attached hydrogens (tertiary/aromatic N) is 4. The van der Waals surface area contributed by atoms with Gasteiger partial charge in [0.2, 0.25) is 0 Å². The number of benzene rings is 2. The number of esters is 2. The minimum atomic E-state index is -3.92. The lowest BCUT2D eigenvalue weighted by Gasteiger charge is -2.25. The molecule has 0 aliphatic heterocycles. The molecular formula is C38H52N7O9P. The summed E-state index contributed by atoms with van der Waals surface area (Å²) in [6.07, 6.45) is 4.66. The number of alkyl carbamates (subject to hydrolysis) is 1. The average molecular weight is 782 g/mol. The number of rotatable bonds is 22. The van der Waals surface area contributed by atoms with Gasteiger partial charge in [0.05, 0.1) is 31.7 Å². The number of imidazole rings is 1. The Hall–Kier alpha value is -5.05. The zero-order chi connectivity index (χ0) is 39.8. The minimum Gasteiger partial charge on any atom is -0.464 e. The topological polar surface area (TPSA) is 208 Å². The zero-order valence-corrected chi connectivity index (χ0v) is 32.9. The lowest BCUT2D eigenvalue weighted by Crippen LogP contribution is -2.43. The van der Waals surface area contributed by atoms with Crippen LogP contribution in [0.15, 0.2) is 67.3 Å². The molecule has 0 aliphatic rings. The second-order valence-electron chi connectivity index (χ2n) is 13.4. The molecule has 0 fully saturated rings. The van der Waals surface area contributed by atoms with Crippen molar-refractivity contribution in [3.63, 3.8) is 0 Å². The summed E-state index contributed by atoms with van der Waals surface area (Å²) in [6, 6.07) is 13.7. The normalized spacial score (nSPS) is 14.1. The quantitative estimate of drug-likeness (QED) is 0.0365. The van der Waals surface area contributed by atoms with Crippen LogP contribution in [0.4, 0.5) is 10.6 Å². The summed E-state index contributed by atoms with van der Waals surface area (Å²) in [6.45, 7) is 9.39. The number of hydrogen-bond acceptors (Lipinski definition) is 13. The van der Waals surface area contributed by atoms with E-state index in [1.54, 1.807) is 55.9 Å². The molecule has 1 amide bonds. The Morgan fingerprint density at radius 1 is 0.891 bits per heavy atom. The van der Waals surface area contributed by atoms with E-state index in [2.05, 4.69) is 32.3 Å². The van der Waals surface area contributed by atoms with Crippen LogP contribution in [0.5, 0.6) is 5.75 Å². The van der Waals surface area contributed by atoms with Crippen LogP contribution in [0.3, 0.4) is 0 Å². The van der Waals surface area contributed by atoms with Crippen LogP contribution in [-0.2, 0) is 52.7 Å². The molecule has 4 rings (SSSR count). The number of hydrogen-bond donors (Lipinski definition) is 3. The van der Waals surface area contributed by atoms with Gasteiger partial charge >= 0.3 is 25.6 Å². The van der Waals surface area contributed by atoms with Crippen molar-refractivity contribution >= 4 is 42.5 Å². The van der Waals surface area contributed by atoms with Crippen LogP contribution in [0.25, 0.3) is 11.2 Å². The van der Waals surface area contributed by atoms with Crippen LogP contribution in [-0.4, -0.2) is 74.8 Å². The second kappa shape index (κ2) is 21.1. The second-order valence-corrected chi connectivity index (χ2v) is 15.4. The molecule has 0 spiro atoms. The SMILES string of the molecule is CCCCCCOC(=O)[C@H](Cc1ccc(O[P@](=O)(CO[C@H](C)Cn2cnc3c(N)ncnc32)N[C@@H](C)C(=O)OC(C)C)cc1)NC(=O)OCc1ccccc1. The van der Waals surface area contributed by atoms with E-state index in [1.165, 1.54) is 13.3 Å². The maximum atomic E-state index is 14.3. The predicted molar refractivity (Wildman–Crippen MR) is 206 cm³/mol. The summed E-state index contributed by atoms with van der Waals surface area (Å²) in [5.41, 5.74) is 8.35. The summed E-state index contributed by atoms with van der Waals surface area (Å²) < 4.78 is 44.2. The van der Waals surface area contributed by atoms with Gasteiger partial charge in [-0.3, -0.25) is 9.36 Å². The summed E-state index contributed by atoms with van der Waals surface area (Å²) in [5.74, 6) is -0.741. The van der Waals surface area contributed by atoms with E-state index in [-0.39, 0.29) is 37.3 Å². The fourth-order valence-corrected chi connectivity index (χ4v) is 7.14.